The summed E-state index contributed by atoms with van der Waals surface area (Å²) in [4.78, 5) is 18.9. The maximum Gasteiger partial charge on any atom is 0.229 e. The van der Waals surface area contributed by atoms with Crippen LogP contribution in [0.4, 0.5) is 15.9 Å². The normalized spacial score (nSPS) is 17.4. The second-order valence-electron chi connectivity index (χ2n) is 6.50. The molecule has 5 heteroatoms. The molecule has 1 aromatic heterocycles. The first-order chi connectivity index (χ1) is 12.2. The zero-order valence-electron chi connectivity index (χ0n) is 14.5. The Balaban J connectivity index is 1.60. The summed E-state index contributed by atoms with van der Waals surface area (Å²) < 4.78 is 12.9. The molecule has 1 amide bonds. The summed E-state index contributed by atoms with van der Waals surface area (Å²) in [5, 5.41) is 2.80. The van der Waals surface area contributed by atoms with Crippen molar-refractivity contribution in [2.45, 2.75) is 45.1 Å². The molecule has 3 rings (SSSR count). The van der Waals surface area contributed by atoms with Crippen LogP contribution in [-0.4, -0.2) is 23.5 Å². The van der Waals surface area contributed by atoms with Gasteiger partial charge < -0.3 is 10.2 Å². The summed E-state index contributed by atoms with van der Waals surface area (Å²) in [6.45, 7) is 3.29. The molecule has 0 radical (unpaired) electrons. The number of benzene rings is 1. The lowest BCUT2D eigenvalue weighted by Gasteiger charge is -2.37. The van der Waals surface area contributed by atoms with E-state index in [1.807, 2.05) is 18.3 Å². The predicted molar refractivity (Wildman–Crippen MR) is 98.2 cm³/mol. The minimum Gasteiger partial charge on any atom is -0.367 e. The van der Waals surface area contributed by atoms with Crippen molar-refractivity contribution in [2.75, 3.05) is 16.8 Å². The Hall–Kier alpha value is -2.43. The van der Waals surface area contributed by atoms with Gasteiger partial charge in [-0.1, -0.05) is 19.1 Å². The molecule has 0 bridgehead atoms. The molecule has 0 spiro atoms. The van der Waals surface area contributed by atoms with Crippen molar-refractivity contribution in [3.05, 3.63) is 54.0 Å². The molecule has 2 heterocycles. The van der Waals surface area contributed by atoms with Gasteiger partial charge in [-0.05, 0) is 55.5 Å². The summed E-state index contributed by atoms with van der Waals surface area (Å²) in [5.41, 5.74) is 1.89. The van der Waals surface area contributed by atoms with Crippen molar-refractivity contribution in [3.63, 3.8) is 0 Å². The van der Waals surface area contributed by atoms with Gasteiger partial charge in [-0.3, -0.25) is 4.79 Å². The number of anilines is 2. The van der Waals surface area contributed by atoms with Crippen LogP contribution in [0.2, 0.25) is 0 Å². The van der Waals surface area contributed by atoms with Gasteiger partial charge >= 0.3 is 0 Å². The summed E-state index contributed by atoms with van der Waals surface area (Å²) in [6.07, 6.45) is 6.91. The van der Waals surface area contributed by atoms with Gasteiger partial charge in [0.15, 0.2) is 0 Å². The number of nitrogens with zero attached hydrogens (tertiary/aromatic N) is 2. The SMILES string of the molecule is CCC1CCCCN1c1ccc(NC(=O)Cc2ccc(F)cc2)nc1. The highest BCUT2D eigenvalue weighted by Crippen LogP contribution is 2.26. The van der Waals surface area contributed by atoms with Crippen LogP contribution in [-0.2, 0) is 11.2 Å². The molecule has 1 saturated heterocycles. The van der Waals surface area contributed by atoms with Crippen LogP contribution in [0.25, 0.3) is 0 Å². The molecule has 1 unspecified atom stereocenters. The lowest BCUT2D eigenvalue weighted by atomic mass is 9.99. The minimum absolute atomic E-state index is 0.156. The van der Waals surface area contributed by atoms with Gasteiger partial charge in [0.05, 0.1) is 18.3 Å². The molecule has 132 valence electrons. The van der Waals surface area contributed by atoms with Crippen LogP contribution in [0.1, 0.15) is 38.2 Å². The Labute approximate surface area is 148 Å². The fraction of sp³-hybridized carbons (Fsp3) is 0.400. The zero-order chi connectivity index (χ0) is 17.6. The molecular weight excluding hydrogens is 317 g/mol. The van der Waals surface area contributed by atoms with E-state index < -0.39 is 0 Å². The van der Waals surface area contributed by atoms with Crippen LogP contribution < -0.4 is 10.2 Å². The number of halogens is 1. The van der Waals surface area contributed by atoms with Gasteiger partial charge in [-0.15, -0.1) is 0 Å². The first kappa shape index (κ1) is 17.4. The lowest BCUT2D eigenvalue weighted by Crippen LogP contribution is -2.39. The Kier molecular flexibility index (Phi) is 5.64. The molecule has 1 atom stereocenters. The number of hydrogen-bond donors (Lipinski definition) is 1. The summed E-state index contributed by atoms with van der Waals surface area (Å²) in [7, 11) is 0. The second kappa shape index (κ2) is 8.10. The van der Waals surface area contributed by atoms with E-state index in [2.05, 4.69) is 22.1 Å². The Morgan fingerprint density at radius 2 is 2.04 bits per heavy atom. The Morgan fingerprint density at radius 1 is 1.24 bits per heavy atom. The average molecular weight is 341 g/mol. The third-order valence-electron chi connectivity index (χ3n) is 4.72. The van der Waals surface area contributed by atoms with Gasteiger partial charge in [0.1, 0.15) is 11.6 Å². The van der Waals surface area contributed by atoms with Gasteiger partial charge in [0.25, 0.3) is 0 Å². The number of carbonyl (C=O) groups is 1. The fourth-order valence-electron chi connectivity index (χ4n) is 3.37. The maximum atomic E-state index is 12.9. The average Bonchev–Trinajstić information content (AvgIpc) is 2.64. The van der Waals surface area contributed by atoms with E-state index in [4.69, 9.17) is 0 Å². The number of amides is 1. The van der Waals surface area contributed by atoms with Crippen molar-refractivity contribution in [1.29, 1.82) is 0 Å². The van der Waals surface area contributed by atoms with Crippen molar-refractivity contribution in [1.82, 2.24) is 4.98 Å². The first-order valence-corrected chi connectivity index (χ1v) is 8.92. The zero-order valence-corrected chi connectivity index (χ0v) is 14.5. The standard InChI is InChI=1S/C20H24FN3O/c1-2-17-5-3-4-12-24(17)18-10-11-19(22-14-18)23-20(25)13-15-6-8-16(21)9-7-15/h6-11,14,17H,2-5,12-13H2,1H3,(H,22,23,25). The molecule has 1 aliphatic heterocycles. The smallest absolute Gasteiger partial charge is 0.229 e. The van der Waals surface area contributed by atoms with Crippen LogP contribution >= 0.6 is 0 Å². The van der Waals surface area contributed by atoms with Crippen molar-refractivity contribution in [3.8, 4) is 0 Å². The highest BCUT2D eigenvalue weighted by atomic mass is 19.1. The van der Waals surface area contributed by atoms with Gasteiger partial charge in [-0.2, -0.15) is 0 Å². The topological polar surface area (TPSA) is 45.2 Å². The molecule has 25 heavy (non-hydrogen) atoms. The van der Waals surface area contributed by atoms with Crippen molar-refractivity contribution in [2.24, 2.45) is 0 Å². The molecule has 1 N–H and O–H groups in total. The third-order valence-corrected chi connectivity index (χ3v) is 4.72. The van der Waals surface area contributed by atoms with E-state index in [1.165, 1.54) is 31.4 Å². The molecule has 4 nitrogen and oxygen atoms in total. The molecule has 1 fully saturated rings. The van der Waals surface area contributed by atoms with E-state index in [-0.39, 0.29) is 18.1 Å². The number of rotatable bonds is 5. The number of hydrogen-bond acceptors (Lipinski definition) is 3. The van der Waals surface area contributed by atoms with Crippen molar-refractivity contribution >= 4 is 17.4 Å². The molecule has 0 aliphatic carbocycles. The van der Waals surface area contributed by atoms with Crippen LogP contribution in [0.15, 0.2) is 42.6 Å². The van der Waals surface area contributed by atoms with E-state index in [0.717, 1.165) is 24.2 Å². The fourth-order valence-corrected chi connectivity index (χ4v) is 3.37. The summed E-state index contributed by atoms with van der Waals surface area (Å²) in [6, 6.07) is 10.4. The number of nitrogens with one attached hydrogen (secondary N) is 1. The molecule has 2 aromatic rings. The predicted octanol–water partition coefficient (Wildman–Crippen LogP) is 4.17. The van der Waals surface area contributed by atoms with Crippen LogP contribution in [0.5, 0.6) is 0 Å². The summed E-state index contributed by atoms with van der Waals surface area (Å²) >= 11 is 0. The number of aromatic nitrogens is 1. The Bertz CT molecular complexity index is 700. The highest BCUT2D eigenvalue weighted by Gasteiger charge is 2.21. The third kappa shape index (κ3) is 4.56. The molecular formula is C20H24FN3O. The van der Waals surface area contributed by atoms with Gasteiger partial charge in [-0.25, -0.2) is 9.37 Å². The largest absolute Gasteiger partial charge is 0.367 e. The molecule has 1 aromatic carbocycles. The highest BCUT2D eigenvalue weighted by molar-refractivity contribution is 5.91. The number of piperidine rings is 1. The lowest BCUT2D eigenvalue weighted by molar-refractivity contribution is -0.115. The van der Waals surface area contributed by atoms with Crippen LogP contribution in [0, 0.1) is 5.82 Å². The second-order valence-corrected chi connectivity index (χ2v) is 6.50. The molecule has 1 aliphatic rings. The van der Waals surface area contributed by atoms with Gasteiger partial charge in [0, 0.05) is 12.6 Å². The minimum atomic E-state index is -0.301. The van der Waals surface area contributed by atoms with E-state index in [0.29, 0.717) is 11.9 Å². The van der Waals surface area contributed by atoms with E-state index in [1.54, 1.807) is 12.1 Å². The van der Waals surface area contributed by atoms with E-state index >= 15 is 0 Å². The maximum absolute atomic E-state index is 12.9. The number of carbonyl (C=O) groups excluding carboxylic acids is 1. The monoisotopic (exact) mass is 341 g/mol. The summed E-state index contributed by atoms with van der Waals surface area (Å²) in [5.74, 6) is 0.0849. The molecule has 0 saturated carbocycles. The van der Waals surface area contributed by atoms with Crippen molar-refractivity contribution < 1.29 is 9.18 Å². The Morgan fingerprint density at radius 3 is 2.72 bits per heavy atom. The first-order valence-electron chi connectivity index (χ1n) is 8.92. The van der Waals surface area contributed by atoms with Crippen LogP contribution in [0.3, 0.4) is 0 Å². The van der Waals surface area contributed by atoms with Gasteiger partial charge in [0.2, 0.25) is 5.91 Å². The number of pyridine rings is 1. The quantitative estimate of drug-likeness (QED) is 0.888. The van der Waals surface area contributed by atoms with E-state index in [9.17, 15) is 9.18 Å².